The van der Waals surface area contributed by atoms with Gasteiger partial charge in [0.2, 0.25) is 41.4 Å². The minimum Gasteiger partial charge on any atom is -0.394 e. The summed E-state index contributed by atoms with van der Waals surface area (Å²) < 4.78 is 31.2. The van der Waals surface area contributed by atoms with Gasteiger partial charge in [-0.3, -0.25) is 47.2 Å². The van der Waals surface area contributed by atoms with Gasteiger partial charge in [-0.05, 0) is 75.0 Å². The van der Waals surface area contributed by atoms with Crippen LogP contribution in [0.1, 0.15) is 132 Å². The number of phosphoric ester groups is 1. The smallest absolute Gasteiger partial charge is 0.394 e. The van der Waals surface area contributed by atoms with E-state index >= 15 is 0 Å². The Hall–Kier alpha value is -6.79. The van der Waals surface area contributed by atoms with Crippen LogP contribution in [0, 0.1) is 45.3 Å². The molecule has 8 rings (SSSR count). The number of hydrogen-bond donors (Lipinski definition) is 15. The Morgan fingerprint density at radius 2 is 1.44 bits per heavy atom. The molecule has 4 unspecified atom stereocenters. The van der Waals surface area contributed by atoms with Gasteiger partial charge in [0.1, 0.15) is 36.5 Å². The van der Waals surface area contributed by atoms with Gasteiger partial charge in [0.05, 0.1) is 30.8 Å². The Bertz CT molecular complexity index is 3250. The van der Waals surface area contributed by atoms with Crippen molar-refractivity contribution < 1.29 is 67.0 Å². The van der Waals surface area contributed by atoms with E-state index in [0.29, 0.717) is 23.4 Å². The number of aliphatic hydroxyl groups excluding tert-OH is 2. The van der Waals surface area contributed by atoms with Gasteiger partial charge in [-0.15, -0.1) is 0 Å². The van der Waals surface area contributed by atoms with Crippen molar-refractivity contribution in [1.82, 2.24) is 46.1 Å². The van der Waals surface area contributed by atoms with Crippen LogP contribution >= 0.6 is 7.82 Å². The highest BCUT2D eigenvalue weighted by Crippen LogP contribution is 2.62. The van der Waals surface area contributed by atoms with Crippen molar-refractivity contribution >= 4 is 66.2 Å². The molecule has 7 amide bonds. The number of phosphoric acid groups is 1. The minimum absolute atomic E-state index is 0.00939. The van der Waals surface area contributed by atoms with Gasteiger partial charge in [0.25, 0.3) is 0 Å². The number of aliphatic hydroxyl groups is 2. The molecule has 8 heterocycles. The predicted octanol–water partition coefficient (Wildman–Crippen LogP) is -0.918. The topological polar surface area (TPSA) is 511 Å². The number of nitrogens with zero attached hydrogens (tertiary/aromatic N) is 4. The van der Waals surface area contributed by atoms with Gasteiger partial charge in [-0.25, -0.2) is 19.5 Å². The lowest BCUT2D eigenvalue weighted by Gasteiger charge is -2.49. The number of amides is 7. The lowest BCUT2D eigenvalue weighted by Crippen LogP contribution is -2.63. The molecule has 2 aromatic rings. The Labute approximate surface area is 510 Å². The standard InChI is InChI=1S/C57H89N16O14P/c1-26-42-29(10-13-36(59)76)53(3,4)34(70-42)20-32-28(9-12-35(58)75)55(6,21-39(62)79)48(69-32)27(2)43-30(11-14-37(60)77)56(7,22-40(63)80)57(8,72-43)49-31(19-38(61)78)54(5,47(26)71-49)16-15-41(81)65-17-18-85-88(83,84)87-46-33(23-74)86-52(45(46)82)73-25-68-51-44(73)50(64)66-24-67-51/h20,24-25,28-31,33-34,42,45-46,48-49,52,69-72,74,82H,9-19,21-23H2,1-8H3,(H2,58,75)(H2,59,76)(H2,60,77)(H2,61,78)(H2,62,79)(H2,63,80)(H,65,81)(H,83,84)(H2,64,66,67)/b32-20-,43-27-,47-26-/t28-,29-,30-,31+,33-,34?,42?,45-,46-,48?,49-,52+,54-,55+,56+,57+/m1/s1. The van der Waals surface area contributed by atoms with E-state index in [1.807, 2.05) is 41.5 Å². The zero-order valence-corrected chi connectivity index (χ0v) is 52.1. The molecule has 0 aromatic carbocycles. The average Bonchev–Trinajstić information content (AvgIpc) is 1.53. The normalized spacial score (nSPS) is 36.9. The SMILES string of the molecule is C/C1=C2/N[C@H]([C@H](CC(N)=O)[C@@]2(C)CCC(=O)NCCOP(=O)(O)O[C@H]2[C@@H](O)[C@@H](n3cnc4ncnc(N)c43)O[C@@H]2CO)[C@]2(C)N/C(=C(/C)C3N/C(=C\C4NC1[C@@H](CCC(N)=O)C4(C)C)[C@@H](CCC(N)=O)[C@]3(C)CC(N)=O)[C@@H](CCC(N)=O)[C@]2(C)CC(N)=O. The third-order valence-electron chi connectivity index (χ3n) is 20.7. The number of fused-ring (bicyclic) bond motifs is 10. The first-order valence-corrected chi connectivity index (χ1v) is 31.2. The zero-order chi connectivity index (χ0) is 65.0. The van der Waals surface area contributed by atoms with Crippen molar-refractivity contribution in [2.75, 3.05) is 25.5 Å². The number of rotatable bonds is 26. The number of anilines is 1. The first-order valence-electron chi connectivity index (χ1n) is 29.8. The number of imidazole rings is 1. The third-order valence-corrected chi connectivity index (χ3v) is 21.7. The Balaban J connectivity index is 1.17. The van der Waals surface area contributed by atoms with Gasteiger partial charge < -0.3 is 86.6 Å². The molecule has 88 heavy (non-hydrogen) atoms. The van der Waals surface area contributed by atoms with Crippen molar-refractivity contribution in [3.63, 3.8) is 0 Å². The summed E-state index contributed by atoms with van der Waals surface area (Å²) in [5, 5.41) is 39.8. The van der Waals surface area contributed by atoms with Crippen LogP contribution in [0.15, 0.2) is 47.0 Å². The second-order valence-corrected chi connectivity index (χ2v) is 27.8. The molecular formula is C57H89N16O14P. The van der Waals surface area contributed by atoms with Crippen LogP contribution in [-0.2, 0) is 51.9 Å². The summed E-state index contributed by atoms with van der Waals surface area (Å²) in [6, 6.07) is -2.47. The Morgan fingerprint density at radius 1 is 0.807 bits per heavy atom. The summed E-state index contributed by atoms with van der Waals surface area (Å²) in [5.74, 6) is -6.35. The molecule has 22 N–H and O–H groups in total. The van der Waals surface area contributed by atoms with Gasteiger partial charge in [-0.1, -0.05) is 34.6 Å². The molecule has 17 atom stereocenters. The maximum absolute atomic E-state index is 14.2. The van der Waals surface area contributed by atoms with Crippen LogP contribution in [0.25, 0.3) is 11.2 Å². The largest absolute Gasteiger partial charge is 0.472 e. The molecular weight excluding hydrogens is 1160 g/mol. The first kappa shape index (κ1) is 67.1. The van der Waals surface area contributed by atoms with Gasteiger partial charge in [0.15, 0.2) is 17.7 Å². The molecule has 30 nitrogen and oxygen atoms in total. The fraction of sp³-hybridized carbons (Fsp3) is 0.684. The van der Waals surface area contributed by atoms with E-state index in [4.69, 9.17) is 53.9 Å². The molecule has 0 radical (unpaired) electrons. The van der Waals surface area contributed by atoms with Gasteiger partial charge in [-0.2, -0.15) is 0 Å². The highest BCUT2D eigenvalue weighted by molar-refractivity contribution is 7.47. The highest BCUT2D eigenvalue weighted by atomic mass is 31.2. The lowest BCUT2D eigenvalue weighted by molar-refractivity contribution is -0.124. The quantitative estimate of drug-likeness (QED) is 0.0400. The van der Waals surface area contributed by atoms with Crippen molar-refractivity contribution in [2.45, 2.75) is 180 Å². The van der Waals surface area contributed by atoms with E-state index in [1.54, 1.807) is 0 Å². The number of nitrogen functional groups attached to an aromatic ring is 1. The van der Waals surface area contributed by atoms with Crippen LogP contribution < -0.4 is 66.7 Å². The molecule has 5 fully saturated rings. The summed E-state index contributed by atoms with van der Waals surface area (Å²) in [7, 11) is -5.04. The monoisotopic (exact) mass is 1250 g/mol. The Kier molecular flexibility index (Phi) is 19.3. The number of nitrogens with two attached hydrogens (primary N) is 7. The van der Waals surface area contributed by atoms with Crippen LogP contribution in [0.3, 0.4) is 0 Å². The van der Waals surface area contributed by atoms with Crippen LogP contribution in [-0.4, -0.2) is 144 Å². The van der Waals surface area contributed by atoms with E-state index in [2.05, 4.69) is 61.5 Å². The summed E-state index contributed by atoms with van der Waals surface area (Å²) in [5.41, 5.74) is 40.9. The van der Waals surface area contributed by atoms with Crippen molar-refractivity contribution in [1.29, 1.82) is 0 Å². The highest BCUT2D eigenvalue weighted by Gasteiger charge is 2.67. The summed E-state index contributed by atoms with van der Waals surface area (Å²) in [6.07, 6.45) is -1.48. The summed E-state index contributed by atoms with van der Waals surface area (Å²) in [6.45, 7) is 14.1. The second kappa shape index (κ2) is 25.2. The molecule has 31 heteroatoms. The molecule has 2 aromatic heterocycles. The van der Waals surface area contributed by atoms with E-state index in [1.165, 1.54) is 17.2 Å². The average molecular weight is 1250 g/mol. The Morgan fingerprint density at radius 3 is 2.06 bits per heavy atom. The number of carbonyl (C=O) groups is 7. The molecule has 6 aliphatic heterocycles. The molecule has 6 aliphatic rings. The molecule has 5 saturated heterocycles. The predicted molar refractivity (Wildman–Crippen MR) is 318 cm³/mol. The van der Waals surface area contributed by atoms with Crippen molar-refractivity contribution in [3.05, 3.63) is 47.0 Å². The molecule has 8 bridgehead atoms. The van der Waals surface area contributed by atoms with Gasteiger partial charge >= 0.3 is 7.82 Å². The summed E-state index contributed by atoms with van der Waals surface area (Å²) in [4.78, 5) is 116. The maximum Gasteiger partial charge on any atom is 0.472 e. The number of carbonyl (C=O) groups excluding carboxylic acids is 7. The van der Waals surface area contributed by atoms with Crippen LogP contribution in [0.4, 0.5) is 5.82 Å². The lowest BCUT2D eigenvalue weighted by atomic mass is 9.57. The number of ether oxygens (including phenoxy) is 1. The fourth-order valence-corrected chi connectivity index (χ4v) is 17.0. The van der Waals surface area contributed by atoms with E-state index in [9.17, 15) is 53.2 Å². The van der Waals surface area contributed by atoms with Gasteiger partial charge in [0, 0.05) is 115 Å². The first-order chi connectivity index (χ1) is 41.0. The maximum atomic E-state index is 14.2. The van der Waals surface area contributed by atoms with E-state index in [-0.39, 0.29) is 93.7 Å². The number of allylic oxidation sites excluding steroid dienone is 3. The van der Waals surface area contributed by atoms with Crippen molar-refractivity contribution in [3.8, 4) is 0 Å². The summed E-state index contributed by atoms with van der Waals surface area (Å²) >= 11 is 0. The number of nitrogens with one attached hydrogen (secondary N) is 5. The van der Waals surface area contributed by atoms with E-state index in [0.717, 1.165) is 11.3 Å². The van der Waals surface area contributed by atoms with E-state index < -0.39 is 156 Å². The fourth-order valence-electron chi connectivity index (χ4n) is 16.0. The minimum atomic E-state index is -5.04. The molecule has 0 saturated carbocycles. The second-order valence-electron chi connectivity index (χ2n) is 26.4. The number of aromatic nitrogens is 4. The zero-order valence-electron chi connectivity index (χ0n) is 51.2. The molecule has 0 aliphatic carbocycles. The third kappa shape index (κ3) is 12.6. The molecule has 0 spiro atoms. The van der Waals surface area contributed by atoms with Crippen molar-refractivity contribution in [2.24, 2.45) is 79.7 Å². The van der Waals surface area contributed by atoms with Crippen LogP contribution in [0.2, 0.25) is 0 Å². The number of primary amides is 6. The van der Waals surface area contributed by atoms with Crippen LogP contribution in [0.5, 0.6) is 0 Å². The molecule has 486 valence electrons. The number of hydrogen-bond acceptors (Lipinski definition) is 21.